The first-order valence-electron chi connectivity index (χ1n) is 9.41. The van der Waals surface area contributed by atoms with E-state index in [1.807, 2.05) is 48.5 Å². The minimum absolute atomic E-state index is 0.0982. The average molecular weight is 425 g/mol. The van der Waals surface area contributed by atoms with Crippen LogP contribution >= 0.6 is 0 Å². The highest BCUT2D eigenvalue weighted by Crippen LogP contribution is 2.44. The first-order chi connectivity index (χ1) is 15.0. The van der Waals surface area contributed by atoms with Crippen LogP contribution < -0.4 is 5.32 Å². The molecule has 31 heavy (non-hydrogen) atoms. The highest BCUT2D eigenvalue weighted by atomic mass is 19.3. The maximum atomic E-state index is 13.0. The first kappa shape index (κ1) is 20.4. The third-order valence-corrected chi connectivity index (χ3v) is 5.04. The largest absolute Gasteiger partial charge is 0.478 e. The summed E-state index contributed by atoms with van der Waals surface area (Å²) < 4.78 is 31.4. The third kappa shape index (κ3) is 4.07. The molecule has 0 spiro atoms. The van der Waals surface area contributed by atoms with Crippen LogP contribution in [0.1, 0.15) is 45.3 Å². The molecule has 3 aromatic rings. The fourth-order valence-electron chi connectivity index (χ4n) is 3.65. The molecule has 7 nitrogen and oxygen atoms in total. The number of halogens is 2. The average Bonchev–Trinajstić information content (AvgIpc) is 3.09. The van der Waals surface area contributed by atoms with Crippen molar-refractivity contribution < 1.29 is 28.2 Å². The fourth-order valence-corrected chi connectivity index (χ4v) is 3.65. The van der Waals surface area contributed by atoms with Gasteiger partial charge in [-0.1, -0.05) is 48.5 Å². The van der Waals surface area contributed by atoms with Crippen LogP contribution in [-0.4, -0.2) is 33.7 Å². The van der Waals surface area contributed by atoms with Gasteiger partial charge in [0, 0.05) is 12.1 Å². The molecule has 1 aliphatic carbocycles. The van der Waals surface area contributed by atoms with Crippen LogP contribution in [0.25, 0.3) is 11.1 Å². The summed E-state index contributed by atoms with van der Waals surface area (Å²) in [4.78, 5) is 30.4. The van der Waals surface area contributed by atoms with E-state index in [0.717, 1.165) is 28.5 Å². The lowest BCUT2D eigenvalue weighted by Gasteiger charge is -2.14. The normalized spacial score (nSPS) is 12.4. The maximum Gasteiger partial charge on any atom is 0.407 e. The summed E-state index contributed by atoms with van der Waals surface area (Å²) in [5.41, 5.74) is 2.74. The Morgan fingerprint density at radius 3 is 2.26 bits per heavy atom. The number of carbonyl (C=O) groups is 2. The Bertz CT molecular complexity index is 1110. The van der Waals surface area contributed by atoms with Crippen LogP contribution in [0.15, 0.2) is 54.7 Å². The van der Waals surface area contributed by atoms with Crippen molar-refractivity contribution in [3.63, 3.8) is 0 Å². The molecule has 1 heterocycles. The van der Waals surface area contributed by atoms with Gasteiger partial charge in [-0.25, -0.2) is 28.3 Å². The second-order valence-corrected chi connectivity index (χ2v) is 6.87. The van der Waals surface area contributed by atoms with Gasteiger partial charge in [0.15, 0.2) is 0 Å². The van der Waals surface area contributed by atoms with E-state index >= 15 is 0 Å². The minimum Gasteiger partial charge on any atom is -0.478 e. The highest BCUT2D eigenvalue weighted by Gasteiger charge is 2.29. The molecule has 0 bridgehead atoms. The Balaban J connectivity index is 1.41. The minimum atomic E-state index is -3.08. The van der Waals surface area contributed by atoms with E-state index in [1.165, 1.54) is 0 Å². The van der Waals surface area contributed by atoms with Crippen molar-refractivity contribution in [1.29, 1.82) is 0 Å². The van der Waals surface area contributed by atoms with Crippen LogP contribution in [0.4, 0.5) is 13.6 Å². The SMILES string of the molecule is O=C(NCc1ncc(C(=O)O)c(C(F)F)n1)OCC1c2ccccc2-c2ccccc21. The zero-order valence-electron chi connectivity index (χ0n) is 16.1. The molecule has 2 aromatic carbocycles. The molecule has 0 aliphatic heterocycles. The molecule has 0 saturated heterocycles. The molecule has 4 rings (SSSR count). The van der Waals surface area contributed by atoms with E-state index in [1.54, 1.807) is 0 Å². The summed E-state index contributed by atoms with van der Waals surface area (Å²) in [5.74, 6) is -1.81. The third-order valence-electron chi connectivity index (χ3n) is 5.04. The number of ether oxygens (including phenoxy) is 1. The smallest absolute Gasteiger partial charge is 0.407 e. The summed E-state index contributed by atoms with van der Waals surface area (Å²) in [6.45, 7) is -0.183. The Kier molecular flexibility index (Phi) is 5.57. The predicted molar refractivity (Wildman–Crippen MR) is 106 cm³/mol. The molecule has 158 valence electrons. The summed E-state index contributed by atoms with van der Waals surface area (Å²) in [7, 11) is 0. The van der Waals surface area contributed by atoms with Crippen LogP contribution in [0.3, 0.4) is 0 Å². The van der Waals surface area contributed by atoms with Gasteiger partial charge < -0.3 is 15.2 Å². The van der Waals surface area contributed by atoms with Gasteiger partial charge in [0.1, 0.15) is 23.7 Å². The van der Waals surface area contributed by atoms with E-state index in [-0.39, 0.29) is 24.9 Å². The van der Waals surface area contributed by atoms with Gasteiger partial charge >= 0.3 is 12.1 Å². The lowest BCUT2D eigenvalue weighted by atomic mass is 9.98. The van der Waals surface area contributed by atoms with Crippen LogP contribution in [-0.2, 0) is 11.3 Å². The first-order valence-corrected chi connectivity index (χ1v) is 9.41. The Morgan fingerprint density at radius 2 is 1.68 bits per heavy atom. The lowest BCUT2D eigenvalue weighted by molar-refractivity contribution is 0.0681. The number of benzene rings is 2. The number of alkyl halides is 2. The van der Waals surface area contributed by atoms with Gasteiger partial charge in [0.05, 0.1) is 6.54 Å². The second-order valence-electron chi connectivity index (χ2n) is 6.87. The number of hydrogen-bond acceptors (Lipinski definition) is 5. The fraction of sp³-hybridized carbons (Fsp3) is 0.182. The maximum absolute atomic E-state index is 13.0. The number of hydrogen-bond donors (Lipinski definition) is 2. The summed E-state index contributed by atoms with van der Waals surface area (Å²) in [6.07, 6.45) is -3.04. The number of carboxylic acids is 1. The number of carbonyl (C=O) groups excluding carboxylic acids is 1. The van der Waals surface area contributed by atoms with Crippen molar-refractivity contribution in [3.8, 4) is 11.1 Å². The molecule has 0 saturated carbocycles. The molecular weight excluding hydrogens is 408 g/mol. The van der Waals surface area contributed by atoms with E-state index in [4.69, 9.17) is 9.84 Å². The van der Waals surface area contributed by atoms with Crippen molar-refractivity contribution >= 4 is 12.1 Å². The van der Waals surface area contributed by atoms with Gasteiger partial charge in [0.2, 0.25) is 0 Å². The molecule has 9 heteroatoms. The van der Waals surface area contributed by atoms with Crippen molar-refractivity contribution in [2.75, 3.05) is 6.61 Å². The molecule has 0 fully saturated rings. The van der Waals surface area contributed by atoms with Gasteiger partial charge in [0.25, 0.3) is 6.43 Å². The van der Waals surface area contributed by atoms with E-state index in [2.05, 4.69) is 15.3 Å². The standard InChI is InChI=1S/C22H17F2N3O4/c23-20(24)19-16(21(28)29)9-25-18(27-19)10-26-22(30)31-11-17-14-7-3-1-5-12(14)13-6-2-4-8-15(13)17/h1-9,17,20H,10-11H2,(H,26,30)(H,28,29). The number of alkyl carbamates (subject to hydrolysis) is 1. The number of carboxylic acid groups (broad SMARTS) is 1. The molecule has 1 aromatic heterocycles. The number of nitrogens with zero attached hydrogens (tertiary/aromatic N) is 2. The highest BCUT2D eigenvalue weighted by molar-refractivity contribution is 5.88. The quantitative estimate of drug-likeness (QED) is 0.615. The summed E-state index contributed by atoms with van der Waals surface area (Å²) in [6, 6.07) is 15.8. The molecule has 1 amide bonds. The monoisotopic (exact) mass is 425 g/mol. The van der Waals surface area contributed by atoms with Gasteiger partial charge in [-0.2, -0.15) is 0 Å². The van der Waals surface area contributed by atoms with Crippen LogP contribution in [0, 0.1) is 0 Å². The molecular formula is C22H17F2N3O4. The lowest BCUT2D eigenvalue weighted by Crippen LogP contribution is -2.27. The zero-order chi connectivity index (χ0) is 22.0. The topological polar surface area (TPSA) is 101 Å². The number of aromatic carboxylic acids is 1. The summed E-state index contributed by atoms with van der Waals surface area (Å²) >= 11 is 0. The van der Waals surface area contributed by atoms with Gasteiger partial charge in [-0.15, -0.1) is 0 Å². The Morgan fingerprint density at radius 1 is 1.06 bits per heavy atom. The number of amides is 1. The second kappa shape index (κ2) is 8.47. The van der Waals surface area contributed by atoms with E-state index in [9.17, 15) is 18.4 Å². The molecule has 0 atom stereocenters. The zero-order valence-corrected chi connectivity index (χ0v) is 16.1. The molecule has 1 aliphatic rings. The molecule has 0 unspecified atom stereocenters. The van der Waals surface area contributed by atoms with Crippen molar-refractivity contribution in [3.05, 3.63) is 82.9 Å². The van der Waals surface area contributed by atoms with E-state index < -0.39 is 29.7 Å². The Labute approximate surface area is 175 Å². The van der Waals surface area contributed by atoms with Crippen molar-refractivity contribution in [1.82, 2.24) is 15.3 Å². The number of aromatic nitrogens is 2. The Hall–Kier alpha value is -3.88. The molecule has 2 N–H and O–H groups in total. The van der Waals surface area contributed by atoms with Gasteiger partial charge in [-0.05, 0) is 22.3 Å². The number of nitrogens with one attached hydrogen (secondary N) is 1. The van der Waals surface area contributed by atoms with Crippen molar-refractivity contribution in [2.24, 2.45) is 0 Å². The van der Waals surface area contributed by atoms with E-state index in [0.29, 0.717) is 0 Å². The number of rotatable bonds is 6. The van der Waals surface area contributed by atoms with Crippen LogP contribution in [0.5, 0.6) is 0 Å². The van der Waals surface area contributed by atoms with Crippen LogP contribution in [0.2, 0.25) is 0 Å². The number of fused-ring (bicyclic) bond motifs is 3. The van der Waals surface area contributed by atoms with Crippen molar-refractivity contribution in [2.45, 2.75) is 18.9 Å². The van der Waals surface area contributed by atoms with Gasteiger partial charge in [-0.3, -0.25) is 0 Å². The predicted octanol–water partition coefficient (Wildman–Crippen LogP) is 4.15. The summed E-state index contributed by atoms with van der Waals surface area (Å²) in [5, 5.41) is 11.3. The molecule has 0 radical (unpaired) electrons.